The second kappa shape index (κ2) is 6.44. The lowest BCUT2D eigenvalue weighted by Crippen LogP contribution is -2.53. The van der Waals surface area contributed by atoms with Crippen LogP contribution in [0, 0.1) is 0 Å². The molecule has 0 rings (SSSR count). The predicted octanol–water partition coefficient (Wildman–Crippen LogP) is 0.916. The minimum atomic E-state index is -1.03. The smallest absolute Gasteiger partial charge is 0.323 e. The van der Waals surface area contributed by atoms with Crippen LogP contribution < -0.4 is 5.32 Å². The molecule has 0 aliphatic heterocycles. The van der Waals surface area contributed by atoms with Gasteiger partial charge in [-0.15, -0.1) is 0 Å². The Morgan fingerprint density at radius 1 is 1.41 bits per heavy atom. The molecule has 6 nitrogen and oxygen atoms in total. The van der Waals surface area contributed by atoms with Crippen LogP contribution in [0.5, 0.6) is 0 Å². The van der Waals surface area contributed by atoms with Crippen LogP contribution in [0.15, 0.2) is 0 Å². The zero-order chi connectivity index (χ0) is 13.6. The maximum atomic E-state index is 11.8. The molecule has 0 radical (unpaired) electrons. The average molecular weight is 246 g/mol. The lowest BCUT2D eigenvalue weighted by Gasteiger charge is -2.34. The number of nitrogens with one attached hydrogen (secondary N) is 1. The normalized spacial score (nSPS) is 13.0. The summed E-state index contributed by atoms with van der Waals surface area (Å²) in [6.07, 6.45) is -0.106. The molecule has 2 N–H and O–H groups in total. The molecular formula is C11H22N2O4. The maximum absolute atomic E-state index is 11.8. The topological polar surface area (TPSA) is 78.9 Å². The number of ether oxygens (including phenoxy) is 1. The van der Waals surface area contributed by atoms with E-state index < -0.39 is 17.5 Å². The molecule has 0 heterocycles. The van der Waals surface area contributed by atoms with Crippen molar-refractivity contribution in [2.24, 2.45) is 0 Å². The van der Waals surface area contributed by atoms with Gasteiger partial charge in [0.2, 0.25) is 0 Å². The van der Waals surface area contributed by atoms with Crippen LogP contribution >= 0.6 is 0 Å². The number of methoxy groups -OCH3 is 1. The Labute approximate surface area is 102 Å². The van der Waals surface area contributed by atoms with Crippen molar-refractivity contribution in [2.75, 3.05) is 20.2 Å². The van der Waals surface area contributed by atoms with Crippen molar-refractivity contribution in [1.82, 2.24) is 10.2 Å². The highest BCUT2D eigenvalue weighted by Crippen LogP contribution is 2.12. The largest absolute Gasteiger partial charge is 0.480 e. The van der Waals surface area contributed by atoms with Crippen LogP contribution in [0.25, 0.3) is 0 Å². The Morgan fingerprint density at radius 2 is 1.94 bits per heavy atom. The van der Waals surface area contributed by atoms with Crippen molar-refractivity contribution < 1.29 is 19.4 Å². The first-order valence-electron chi connectivity index (χ1n) is 5.48. The molecule has 2 amide bonds. The fraction of sp³-hybridized carbons (Fsp3) is 0.818. The van der Waals surface area contributed by atoms with Crippen molar-refractivity contribution in [3.05, 3.63) is 0 Å². The molecule has 0 fully saturated rings. The van der Waals surface area contributed by atoms with Crippen LogP contribution in [0.1, 0.15) is 27.7 Å². The number of hydrogen-bond acceptors (Lipinski definition) is 3. The summed E-state index contributed by atoms with van der Waals surface area (Å²) in [6, 6.07) is -0.399. The molecule has 0 saturated heterocycles. The molecule has 0 saturated carbocycles. The molecule has 0 spiro atoms. The van der Waals surface area contributed by atoms with Gasteiger partial charge in [0.05, 0.1) is 6.10 Å². The molecule has 0 aliphatic rings. The number of amides is 2. The summed E-state index contributed by atoms with van der Waals surface area (Å²) in [5, 5.41) is 11.4. The number of carboxylic acids is 1. The zero-order valence-corrected chi connectivity index (χ0v) is 11.1. The van der Waals surface area contributed by atoms with E-state index in [0.29, 0.717) is 6.54 Å². The van der Waals surface area contributed by atoms with Crippen molar-refractivity contribution in [1.29, 1.82) is 0 Å². The van der Waals surface area contributed by atoms with Crippen LogP contribution in [0.2, 0.25) is 0 Å². The van der Waals surface area contributed by atoms with E-state index in [0.717, 1.165) is 0 Å². The molecule has 0 aliphatic carbocycles. The Bertz CT molecular complexity index is 273. The SMILES string of the molecule is COC(C)CNC(=O)N(CC(=O)O)C(C)(C)C. The number of carboxylic acid groups (broad SMARTS) is 1. The van der Waals surface area contributed by atoms with E-state index in [1.807, 2.05) is 6.92 Å². The Morgan fingerprint density at radius 3 is 2.29 bits per heavy atom. The number of carbonyl (C=O) groups excluding carboxylic acids is 1. The lowest BCUT2D eigenvalue weighted by atomic mass is 10.1. The molecule has 100 valence electrons. The number of urea groups is 1. The average Bonchev–Trinajstić information content (AvgIpc) is 2.20. The molecule has 0 bridgehead atoms. The van der Waals surface area contributed by atoms with E-state index in [-0.39, 0.29) is 12.6 Å². The summed E-state index contributed by atoms with van der Waals surface area (Å²) in [7, 11) is 1.55. The van der Waals surface area contributed by atoms with Gasteiger partial charge < -0.3 is 20.1 Å². The summed E-state index contributed by atoms with van der Waals surface area (Å²) in [5.41, 5.74) is -0.543. The Kier molecular flexibility index (Phi) is 5.95. The number of aliphatic carboxylic acids is 1. The molecular weight excluding hydrogens is 224 g/mol. The van der Waals surface area contributed by atoms with Gasteiger partial charge in [-0.1, -0.05) is 0 Å². The number of carbonyl (C=O) groups is 2. The minimum Gasteiger partial charge on any atom is -0.480 e. The molecule has 6 heteroatoms. The van der Waals surface area contributed by atoms with Crippen molar-refractivity contribution in [3.8, 4) is 0 Å². The first-order chi connectivity index (χ1) is 7.68. The van der Waals surface area contributed by atoms with Gasteiger partial charge in [0, 0.05) is 19.2 Å². The van der Waals surface area contributed by atoms with Gasteiger partial charge in [-0.05, 0) is 27.7 Å². The fourth-order valence-corrected chi connectivity index (χ4v) is 1.16. The van der Waals surface area contributed by atoms with E-state index in [4.69, 9.17) is 9.84 Å². The molecule has 17 heavy (non-hydrogen) atoms. The Hall–Kier alpha value is -1.30. The third-order valence-corrected chi connectivity index (χ3v) is 2.29. The van der Waals surface area contributed by atoms with Crippen LogP contribution in [-0.4, -0.2) is 53.8 Å². The third-order valence-electron chi connectivity index (χ3n) is 2.29. The fourth-order valence-electron chi connectivity index (χ4n) is 1.16. The third kappa shape index (κ3) is 6.11. The molecule has 0 aromatic carbocycles. The van der Waals surface area contributed by atoms with Gasteiger partial charge in [0.1, 0.15) is 6.54 Å². The van der Waals surface area contributed by atoms with E-state index in [1.54, 1.807) is 27.9 Å². The van der Waals surface area contributed by atoms with Gasteiger partial charge >= 0.3 is 12.0 Å². The summed E-state index contributed by atoms with van der Waals surface area (Å²) >= 11 is 0. The van der Waals surface area contributed by atoms with Crippen molar-refractivity contribution >= 4 is 12.0 Å². The first-order valence-corrected chi connectivity index (χ1v) is 5.48. The predicted molar refractivity (Wildman–Crippen MR) is 64.0 cm³/mol. The monoisotopic (exact) mass is 246 g/mol. The van der Waals surface area contributed by atoms with Crippen molar-refractivity contribution in [3.63, 3.8) is 0 Å². The highest BCUT2D eigenvalue weighted by atomic mass is 16.5. The van der Waals surface area contributed by atoms with Crippen LogP contribution in [0.3, 0.4) is 0 Å². The first kappa shape index (κ1) is 15.7. The summed E-state index contributed by atoms with van der Waals surface area (Å²) in [4.78, 5) is 23.8. The zero-order valence-electron chi connectivity index (χ0n) is 11.1. The van der Waals surface area contributed by atoms with Gasteiger partial charge in [-0.3, -0.25) is 4.79 Å². The highest BCUT2D eigenvalue weighted by molar-refractivity contribution is 5.80. The van der Waals surface area contributed by atoms with Gasteiger partial charge in [-0.2, -0.15) is 0 Å². The molecule has 1 atom stereocenters. The lowest BCUT2D eigenvalue weighted by molar-refractivity contribution is -0.138. The summed E-state index contributed by atoms with van der Waals surface area (Å²) < 4.78 is 5.00. The van der Waals surface area contributed by atoms with E-state index in [1.165, 1.54) is 4.90 Å². The quantitative estimate of drug-likeness (QED) is 0.756. The molecule has 0 aromatic rings. The van der Waals surface area contributed by atoms with Crippen molar-refractivity contribution in [2.45, 2.75) is 39.3 Å². The minimum absolute atomic E-state index is 0.106. The number of nitrogens with zero attached hydrogens (tertiary/aromatic N) is 1. The maximum Gasteiger partial charge on any atom is 0.323 e. The highest BCUT2D eigenvalue weighted by Gasteiger charge is 2.28. The van der Waals surface area contributed by atoms with E-state index in [2.05, 4.69) is 5.32 Å². The van der Waals surface area contributed by atoms with Crippen LogP contribution in [0.4, 0.5) is 4.79 Å². The van der Waals surface area contributed by atoms with Gasteiger partial charge in [0.15, 0.2) is 0 Å². The molecule has 0 aromatic heterocycles. The van der Waals surface area contributed by atoms with Gasteiger partial charge in [0.25, 0.3) is 0 Å². The second-order valence-corrected chi connectivity index (χ2v) is 4.88. The van der Waals surface area contributed by atoms with E-state index >= 15 is 0 Å². The summed E-state index contributed by atoms with van der Waals surface area (Å²) in [5.74, 6) is -1.03. The van der Waals surface area contributed by atoms with Crippen LogP contribution in [-0.2, 0) is 9.53 Å². The van der Waals surface area contributed by atoms with Gasteiger partial charge in [-0.25, -0.2) is 4.79 Å². The Balaban J connectivity index is 4.49. The number of rotatable bonds is 5. The van der Waals surface area contributed by atoms with E-state index in [9.17, 15) is 9.59 Å². The second-order valence-electron chi connectivity index (χ2n) is 4.88. The standard InChI is InChI=1S/C11H22N2O4/c1-8(17-5)6-12-10(16)13(7-9(14)15)11(2,3)4/h8H,6-7H2,1-5H3,(H,12,16)(H,14,15). The number of hydrogen-bond donors (Lipinski definition) is 2. The molecule has 1 unspecified atom stereocenters. The summed E-state index contributed by atoms with van der Waals surface area (Å²) in [6.45, 7) is 7.21.